The van der Waals surface area contributed by atoms with Crippen LogP contribution in [0.25, 0.3) is 10.9 Å². The lowest BCUT2D eigenvalue weighted by Crippen LogP contribution is -2.46. The summed E-state index contributed by atoms with van der Waals surface area (Å²) < 4.78 is 129. The van der Waals surface area contributed by atoms with Gasteiger partial charge in [-0.25, -0.2) is 8.78 Å². The first-order valence-electron chi connectivity index (χ1n) is 13.6. The summed E-state index contributed by atoms with van der Waals surface area (Å²) in [6.07, 6.45) is -11.1. The molecular weight excluding hydrogens is 693 g/mol. The third-order valence-electron chi connectivity index (χ3n) is 7.02. The molecule has 1 N–H and O–H groups in total. The van der Waals surface area contributed by atoms with Crippen molar-refractivity contribution in [1.29, 1.82) is 0 Å². The molecule has 0 spiro atoms. The van der Waals surface area contributed by atoms with E-state index in [0.717, 1.165) is 40.8 Å². The minimum atomic E-state index is -5.30. The number of alkyl halides is 7. The summed E-state index contributed by atoms with van der Waals surface area (Å²) in [7, 11) is -5.30. The average molecular weight is 718 g/mol. The van der Waals surface area contributed by atoms with E-state index < -0.39 is 93.6 Å². The number of aromatic nitrogens is 1. The van der Waals surface area contributed by atoms with E-state index in [2.05, 4.69) is 14.4 Å². The lowest BCUT2D eigenvalue weighted by atomic mass is 10.1. The second kappa shape index (κ2) is 13.9. The standard InChI is InChI=1S/C28H25ClF8N3O6P/c1-15(41)20-11-39(22-8-18(5-6-19(20)22)47(44,45-13-27(32,33)34)46-14-28(35,36)37)12-24(42)40-10-17(30)7-23(40)26(43)38-9-16-3-2-4-21(29)25(16)31/h2-6,8,11,17,23H,7,9-10,12-14H2,1H3,(H,38,43). The molecule has 256 valence electrons. The number of carbonyl (C=O) groups excluding carboxylic acids is 3. The number of fused-ring (bicyclic) bond motifs is 1. The number of carbonyl (C=O) groups is 3. The number of hydrogen-bond acceptors (Lipinski definition) is 6. The van der Waals surface area contributed by atoms with E-state index in [1.165, 1.54) is 18.2 Å². The quantitative estimate of drug-likeness (QED) is 0.151. The minimum absolute atomic E-state index is 0.0239. The summed E-state index contributed by atoms with van der Waals surface area (Å²) >= 11 is 5.75. The van der Waals surface area contributed by atoms with Gasteiger partial charge in [0.15, 0.2) is 19.0 Å². The van der Waals surface area contributed by atoms with Crippen LogP contribution in [0.1, 0.15) is 29.3 Å². The molecule has 47 heavy (non-hydrogen) atoms. The summed E-state index contributed by atoms with van der Waals surface area (Å²) in [5.41, 5.74) is -0.134. The lowest BCUT2D eigenvalue weighted by molar-refractivity contribution is -0.164. The molecule has 1 aliphatic heterocycles. The van der Waals surface area contributed by atoms with Crippen LogP contribution >= 0.6 is 19.2 Å². The van der Waals surface area contributed by atoms with Gasteiger partial charge in [0.2, 0.25) is 11.8 Å². The molecule has 0 aliphatic carbocycles. The van der Waals surface area contributed by atoms with Crippen molar-refractivity contribution in [2.45, 2.75) is 51.0 Å². The zero-order chi connectivity index (χ0) is 34.9. The third kappa shape index (κ3) is 8.89. The molecule has 2 heterocycles. The smallest absolute Gasteiger partial charge is 0.350 e. The van der Waals surface area contributed by atoms with Crippen LogP contribution in [-0.4, -0.2) is 71.4 Å². The van der Waals surface area contributed by atoms with Gasteiger partial charge in [0, 0.05) is 35.7 Å². The number of ketones is 1. The predicted octanol–water partition coefficient (Wildman–Crippen LogP) is 5.87. The summed E-state index contributed by atoms with van der Waals surface area (Å²) in [6, 6.07) is 5.57. The van der Waals surface area contributed by atoms with Crippen molar-refractivity contribution < 1.29 is 63.1 Å². The third-order valence-corrected chi connectivity index (χ3v) is 9.16. The van der Waals surface area contributed by atoms with Gasteiger partial charge in [-0.15, -0.1) is 0 Å². The Morgan fingerprint density at radius 1 is 1.04 bits per heavy atom. The molecule has 1 aromatic heterocycles. The van der Waals surface area contributed by atoms with Gasteiger partial charge in [-0.3, -0.25) is 28.0 Å². The highest BCUT2D eigenvalue weighted by Crippen LogP contribution is 2.49. The van der Waals surface area contributed by atoms with Crippen LogP contribution < -0.4 is 10.6 Å². The fourth-order valence-corrected chi connectivity index (χ4v) is 6.63. The first-order chi connectivity index (χ1) is 21.8. The fraction of sp³-hybridized carbons (Fsp3) is 0.393. The molecule has 0 radical (unpaired) electrons. The van der Waals surface area contributed by atoms with Crippen molar-refractivity contribution in [3.63, 3.8) is 0 Å². The number of hydrogen-bond donors (Lipinski definition) is 1. The SMILES string of the molecule is CC(=O)c1cn(CC(=O)N2CC(F)CC2C(=O)NCc2cccc(Cl)c2F)c2cc(P(=O)(OCC(F)(F)F)OCC(F)(F)F)ccc12. The molecule has 1 saturated heterocycles. The molecule has 2 unspecified atom stereocenters. The van der Waals surface area contributed by atoms with E-state index in [1.54, 1.807) is 0 Å². The Bertz CT molecular complexity index is 1710. The Hall–Kier alpha value is -3.53. The molecule has 1 aliphatic rings. The number of rotatable bonds is 11. The summed E-state index contributed by atoms with van der Waals surface area (Å²) in [4.78, 5) is 39.6. The van der Waals surface area contributed by atoms with Gasteiger partial charge in [0.1, 0.15) is 24.6 Å². The number of Topliss-reactive ketones (excluding diaryl/α,β-unsaturated/α-hetero) is 1. The molecule has 0 bridgehead atoms. The number of likely N-dealkylation sites (tertiary alicyclic amines) is 1. The Labute approximate surface area is 266 Å². The predicted molar refractivity (Wildman–Crippen MR) is 151 cm³/mol. The molecular formula is C28H25ClF8N3O6P. The second-order valence-corrected chi connectivity index (χ2v) is 13.0. The van der Waals surface area contributed by atoms with Crippen molar-refractivity contribution in [2.24, 2.45) is 0 Å². The maximum absolute atomic E-state index is 14.5. The summed E-state index contributed by atoms with van der Waals surface area (Å²) in [5, 5.41) is 1.57. The lowest BCUT2D eigenvalue weighted by Gasteiger charge is -2.24. The van der Waals surface area contributed by atoms with Crippen LogP contribution in [0, 0.1) is 5.82 Å². The van der Waals surface area contributed by atoms with Crippen LogP contribution in [0.5, 0.6) is 0 Å². The minimum Gasteiger partial charge on any atom is -0.350 e. The monoisotopic (exact) mass is 717 g/mol. The molecule has 9 nitrogen and oxygen atoms in total. The topological polar surface area (TPSA) is 107 Å². The summed E-state index contributed by atoms with van der Waals surface area (Å²) in [6.45, 7) is -4.82. The highest BCUT2D eigenvalue weighted by Gasteiger charge is 2.41. The van der Waals surface area contributed by atoms with Gasteiger partial charge >= 0.3 is 19.9 Å². The Morgan fingerprint density at radius 3 is 2.28 bits per heavy atom. The van der Waals surface area contributed by atoms with Crippen molar-refractivity contribution in [3.05, 3.63) is 64.6 Å². The van der Waals surface area contributed by atoms with Crippen LogP contribution in [0.2, 0.25) is 5.02 Å². The van der Waals surface area contributed by atoms with Crippen molar-refractivity contribution in [2.75, 3.05) is 19.8 Å². The molecule has 1 fully saturated rings. The first-order valence-corrected chi connectivity index (χ1v) is 15.5. The maximum Gasteiger partial charge on any atom is 0.412 e. The Kier molecular flexibility index (Phi) is 10.7. The van der Waals surface area contributed by atoms with Crippen LogP contribution in [-0.2, 0) is 36.3 Å². The number of benzene rings is 2. The van der Waals surface area contributed by atoms with Crippen LogP contribution in [0.15, 0.2) is 42.6 Å². The molecule has 2 atom stereocenters. The zero-order valence-corrected chi connectivity index (χ0v) is 25.8. The van der Waals surface area contributed by atoms with E-state index in [4.69, 9.17) is 11.6 Å². The number of halogens is 9. The van der Waals surface area contributed by atoms with E-state index in [1.807, 2.05) is 0 Å². The van der Waals surface area contributed by atoms with Crippen molar-refractivity contribution in [1.82, 2.24) is 14.8 Å². The van der Waals surface area contributed by atoms with E-state index in [0.29, 0.717) is 0 Å². The highest BCUT2D eigenvalue weighted by atomic mass is 35.5. The van der Waals surface area contributed by atoms with Crippen LogP contribution in [0.3, 0.4) is 0 Å². The zero-order valence-electron chi connectivity index (χ0n) is 24.1. The number of nitrogens with zero attached hydrogens (tertiary/aromatic N) is 2. The molecule has 2 aromatic carbocycles. The van der Waals surface area contributed by atoms with E-state index in [-0.39, 0.29) is 33.6 Å². The second-order valence-electron chi connectivity index (χ2n) is 10.5. The number of nitrogens with one attached hydrogen (secondary N) is 1. The van der Waals surface area contributed by atoms with E-state index >= 15 is 0 Å². The molecule has 2 amide bonds. The molecule has 4 rings (SSSR count). The fourth-order valence-electron chi connectivity index (χ4n) is 4.90. The summed E-state index contributed by atoms with van der Waals surface area (Å²) in [5.74, 6) is -3.00. The Balaban J connectivity index is 1.63. The molecule has 0 saturated carbocycles. The Morgan fingerprint density at radius 2 is 1.68 bits per heavy atom. The molecule has 19 heteroatoms. The maximum atomic E-state index is 14.5. The first kappa shape index (κ1) is 36.3. The van der Waals surface area contributed by atoms with Crippen molar-refractivity contribution in [3.8, 4) is 0 Å². The van der Waals surface area contributed by atoms with Crippen molar-refractivity contribution >= 4 is 53.0 Å². The van der Waals surface area contributed by atoms with Gasteiger partial charge in [-0.05, 0) is 25.1 Å². The van der Waals surface area contributed by atoms with Gasteiger partial charge < -0.3 is 14.8 Å². The van der Waals surface area contributed by atoms with Gasteiger partial charge in [-0.1, -0.05) is 29.8 Å². The van der Waals surface area contributed by atoms with Crippen LogP contribution in [0.4, 0.5) is 35.1 Å². The molecule has 3 aromatic rings. The van der Waals surface area contributed by atoms with E-state index in [9.17, 15) is 54.1 Å². The van der Waals surface area contributed by atoms with Gasteiger partial charge in [0.25, 0.3) is 0 Å². The normalized spacial score (nSPS) is 17.4. The largest absolute Gasteiger partial charge is 0.412 e. The van der Waals surface area contributed by atoms with Gasteiger partial charge in [-0.2, -0.15) is 26.3 Å². The average Bonchev–Trinajstić information content (AvgIpc) is 3.55. The highest BCUT2D eigenvalue weighted by molar-refractivity contribution is 7.62. The number of amides is 2. The van der Waals surface area contributed by atoms with Gasteiger partial charge in [0.05, 0.1) is 22.4 Å².